The lowest BCUT2D eigenvalue weighted by atomic mass is 10.1. The molecule has 0 aromatic carbocycles. The van der Waals surface area contributed by atoms with E-state index in [1.165, 1.54) is 6.08 Å². The van der Waals surface area contributed by atoms with Gasteiger partial charge in [-0.1, -0.05) is 0 Å². The third kappa shape index (κ3) is 3.25. The van der Waals surface area contributed by atoms with Crippen LogP contribution in [-0.4, -0.2) is 98.8 Å². The highest BCUT2D eigenvalue weighted by atomic mass is 16.3. The molecule has 5 rings (SSSR count). The van der Waals surface area contributed by atoms with Gasteiger partial charge in [0.05, 0.1) is 30.2 Å². The zero-order chi connectivity index (χ0) is 22.7. The first-order valence-corrected chi connectivity index (χ1v) is 11.5. The summed E-state index contributed by atoms with van der Waals surface area (Å²) in [6, 6.07) is -0.182. The molecule has 5 heterocycles. The number of hydrogen-bond acceptors (Lipinski definition) is 6. The highest BCUT2D eigenvalue weighted by Crippen LogP contribution is 2.34. The van der Waals surface area contributed by atoms with Gasteiger partial charge in [0, 0.05) is 55.8 Å². The van der Waals surface area contributed by atoms with E-state index >= 15 is 0 Å². The van der Waals surface area contributed by atoms with Crippen LogP contribution < -0.4 is 5.32 Å². The van der Waals surface area contributed by atoms with Gasteiger partial charge < -0.3 is 30.0 Å². The molecular formula is C23H31N5O4. The van der Waals surface area contributed by atoms with Gasteiger partial charge in [0.25, 0.3) is 5.91 Å². The second kappa shape index (κ2) is 7.56. The van der Waals surface area contributed by atoms with Crippen LogP contribution in [0, 0.1) is 0 Å². The predicted molar refractivity (Wildman–Crippen MR) is 117 cm³/mol. The maximum Gasteiger partial charge on any atom is 0.250 e. The second-order valence-electron chi connectivity index (χ2n) is 9.56. The fourth-order valence-electron chi connectivity index (χ4n) is 6.02. The molecule has 0 spiro atoms. The Labute approximate surface area is 188 Å². The molecule has 2 N–H and O–H groups in total. The zero-order valence-electron chi connectivity index (χ0n) is 18.8. The summed E-state index contributed by atoms with van der Waals surface area (Å²) < 4.78 is 0. The number of rotatable bonds is 4. The van der Waals surface area contributed by atoms with Crippen LogP contribution in [0.4, 0.5) is 0 Å². The number of carbonyl (C=O) groups excluding carboxylic acids is 3. The molecule has 0 aromatic rings. The van der Waals surface area contributed by atoms with Crippen molar-refractivity contribution >= 4 is 17.7 Å². The van der Waals surface area contributed by atoms with Crippen LogP contribution in [0.5, 0.6) is 0 Å². The summed E-state index contributed by atoms with van der Waals surface area (Å²) in [6.07, 6.45) is 6.43. The molecule has 0 radical (unpaired) electrons. The van der Waals surface area contributed by atoms with Crippen molar-refractivity contribution in [2.24, 2.45) is 0 Å². The molecule has 32 heavy (non-hydrogen) atoms. The van der Waals surface area contributed by atoms with Crippen LogP contribution in [0.2, 0.25) is 0 Å². The van der Waals surface area contributed by atoms with Gasteiger partial charge in [0.1, 0.15) is 5.76 Å². The maximum absolute atomic E-state index is 13.0. The van der Waals surface area contributed by atoms with E-state index < -0.39 is 0 Å². The van der Waals surface area contributed by atoms with Crippen molar-refractivity contribution in [2.75, 3.05) is 26.2 Å². The van der Waals surface area contributed by atoms with Gasteiger partial charge in [-0.15, -0.1) is 0 Å². The van der Waals surface area contributed by atoms with Gasteiger partial charge >= 0.3 is 0 Å². The number of aliphatic hydroxyl groups excluding tert-OH is 1. The van der Waals surface area contributed by atoms with E-state index in [4.69, 9.17) is 0 Å². The summed E-state index contributed by atoms with van der Waals surface area (Å²) in [5.74, 6) is -0.0288. The number of hydrogen-bond donors (Lipinski definition) is 2. The van der Waals surface area contributed by atoms with E-state index in [-0.39, 0.29) is 53.7 Å². The molecule has 9 nitrogen and oxygen atoms in total. The van der Waals surface area contributed by atoms with Crippen molar-refractivity contribution in [1.29, 1.82) is 0 Å². The monoisotopic (exact) mass is 441 g/mol. The summed E-state index contributed by atoms with van der Waals surface area (Å²) >= 11 is 0. The molecule has 1 unspecified atom stereocenters. The fourth-order valence-corrected chi connectivity index (χ4v) is 6.02. The van der Waals surface area contributed by atoms with Crippen LogP contribution in [0.1, 0.15) is 33.6 Å². The molecule has 0 aliphatic carbocycles. The van der Waals surface area contributed by atoms with Crippen LogP contribution in [0.25, 0.3) is 0 Å². The lowest BCUT2D eigenvalue weighted by Gasteiger charge is -2.34. The normalized spacial score (nSPS) is 35.2. The van der Waals surface area contributed by atoms with Crippen molar-refractivity contribution in [3.8, 4) is 0 Å². The van der Waals surface area contributed by atoms with E-state index in [0.29, 0.717) is 6.54 Å². The predicted octanol–water partition coefficient (Wildman–Crippen LogP) is 0.324. The minimum atomic E-state index is -0.293. The molecule has 2 fully saturated rings. The zero-order valence-corrected chi connectivity index (χ0v) is 18.8. The molecule has 3 amide bonds. The van der Waals surface area contributed by atoms with Crippen molar-refractivity contribution in [3.63, 3.8) is 0 Å². The van der Waals surface area contributed by atoms with Gasteiger partial charge in [-0.25, -0.2) is 0 Å². The number of aliphatic hydroxyl groups is 1. The van der Waals surface area contributed by atoms with E-state index in [2.05, 4.69) is 22.0 Å². The van der Waals surface area contributed by atoms with E-state index in [1.54, 1.807) is 17.1 Å². The van der Waals surface area contributed by atoms with Crippen molar-refractivity contribution in [3.05, 3.63) is 35.4 Å². The first-order chi connectivity index (χ1) is 15.2. The maximum atomic E-state index is 13.0. The first-order valence-electron chi connectivity index (χ1n) is 11.5. The molecule has 9 heteroatoms. The first kappa shape index (κ1) is 20.9. The van der Waals surface area contributed by atoms with Gasteiger partial charge in [-0.3, -0.25) is 14.4 Å². The Morgan fingerprint density at radius 3 is 1.91 bits per heavy atom. The Kier molecular flexibility index (Phi) is 4.94. The van der Waals surface area contributed by atoms with Gasteiger partial charge in [-0.05, 0) is 33.6 Å². The number of amides is 3. The molecule has 172 valence electrons. The molecule has 5 atom stereocenters. The Balaban J connectivity index is 1.24. The van der Waals surface area contributed by atoms with Crippen LogP contribution >= 0.6 is 0 Å². The van der Waals surface area contributed by atoms with E-state index in [0.717, 1.165) is 43.9 Å². The molecular weight excluding hydrogens is 410 g/mol. The smallest absolute Gasteiger partial charge is 0.250 e. The third-order valence-electron chi connectivity index (χ3n) is 7.67. The Morgan fingerprint density at radius 2 is 1.38 bits per heavy atom. The lowest BCUT2D eigenvalue weighted by molar-refractivity contribution is -0.128. The summed E-state index contributed by atoms with van der Waals surface area (Å²) in [5.41, 5.74) is 2.02. The van der Waals surface area contributed by atoms with Gasteiger partial charge in [-0.2, -0.15) is 0 Å². The standard InChI is InChI=1S/C23H31N5O4/c1-13-18(8-21(30)24-13)25-6-4-16(11-25)27-14(2)19(9-22(27)31)26-7-5-17(12-26)28-15(3)20(29)10-23(28)32/h8-10,13-17,29H,4-7,11-12H2,1-3H3,(H,24,30)/t13-,14-,15-,16?,17-/m0/s1. The van der Waals surface area contributed by atoms with Gasteiger partial charge in [0.15, 0.2) is 0 Å². The SMILES string of the molecule is C[C@@H]1NC(=O)C=C1N1CCC(N2C(=O)C=C(N3CC[C@H](N4C(=O)C=C(O)[C@@H]4C)C3)[C@@H]2C)C1. The topological polar surface area (TPSA) is 96.4 Å². The van der Waals surface area contributed by atoms with Crippen LogP contribution in [0.3, 0.4) is 0 Å². The third-order valence-corrected chi connectivity index (χ3v) is 7.67. The summed E-state index contributed by atoms with van der Waals surface area (Å²) in [4.78, 5) is 45.2. The number of nitrogens with one attached hydrogen (secondary N) is 1. The molecule has 2 saturated heterocycles. The minimum Gasteiger partial charge on any atom is -0.510 e. The van der Waals surface area contributed by atoms with Crippen LogP contribution in [0.15, 0.2) is 35.4 Å². The largest absolute Gasteiger partial charge is 0.510 e. The summed E-state index contributed by atoms with van der Waals surface area (Å²) in [7, 11) is 0. The highest BCUT2D eigenvalue weighted by molar-refractivity contribution is 5.93. The summed E-state index contributed by atoms with van der Waals surface area (Å²) in [5, 5.41) is 12.8. The fraction of sp³-hybridized carbons (Fsp3) is 0.609. The Bertz CT molecular complexity index is 956. The van der Waals surface area contributed by atoms with Crippen molar-refractivity contribution in [1.82, 2.24) is 24.9 Å². The Hall–Kier alpha value is -2.97. The average molecular weight is 442 g/mol. The molecule has 0 aromatic heterocycles. The van der Waals surface area contributed by atoms with Crippen molar-refractivity contribution in [2.45, 2.75) is 63.8 Å². The van der Waals surface area contributed by atoms with Gasteiger partial charge in [0.2, 0.25) is 11.8 Å². The Morgan fingerprint density at radius 1 is 0.812 bits per heavy atom. The van der Waals surface area contributed by atoms with E-state index in [9.17, 15) is 19.5 Å². The number of likely N-dealkylation sites (tertiary alicyclic amines) is 2. The number of nitrogens with zero attached hydrogens (tertiary/aromatic N) is 4. The van der Waals surface area contributed by atoms with Crippen molar-refractivity contribution < 1.29 is 19.5 Å². The average Bonchev–Trinajstić information content (AvgIpc) is 3.52. The minimum absolute atomic E-state index is 0.00721. The number of carbonyl (C=O) groups is 3. The molecule has 0 saturated carbocycles. The highest BCUT2D eigenvalue weighted by Gasteiger charge is 2.44. The van der Waals surface area contributed by atoms with Crippen LogP contribution in [-0.2, 0) is 14.4 Å². The molecule has 5 aliphatic heterocycles. The lowest BCUT2D eigenvalue weighted by Crippen LogP contribution is -2.46. The second-order valence-corrected chi connectivity index (χ2v) is 9.56. The summed E-state index contributed by atoms with van der Waals surface area (Å²) in [6.45, 7) is 8.93. The quantitative estimate of drug-likeness (QED) is 0.653. The molecule has 0 bridgehead atoms. The molecule has 5 aliphatic rings. The van der Waals surface area contributed by atoms with E-state index in [1.807, 2.05) is 18.7 Å².